The topological polar surface area (TPSA) is 77.5 Å². The summed E-state index contributed by atoms with van der Waals surface area (Å²) in [6, 6.07) is 0. The number of allylic oxidation sites excluding steroid dienone is 1. The van der Waals surface area contributed by atoms with E-state index in [0.717, 1.165) is 12.8 Å². The van der Waals surface area contributed by atoms with Crippen LogP contribution in [-0.2, 0) is 14.9 Å². The Labute approximate surface area is 184 Å². The molecule has 7 heteroatoms. The van der Waals surface area contributed by atoms with E-state index in [1.807, 2.05) is 6.08 Å². The molecule has 0 aromatic rings. The third-order valence-corrected chi connectivity index (χ3v) is 4.22. The van der Waals surface area contributed by atoms with Crippen molar-refractivity contribution < 1.29 is 69.1 Å². The zero-order chi connectivity index (χ0) is 16.8. The van der Waals surface area contributed by atoms with E-state index < -0.39 is 15.9 Å². The molecular formula is C16H30KNO4S. The van der Waals surface area contributed by atoms with Gasteiger partial charge in [0.1, 0.15) is 0 Å². The maximum Gasteiger partial charge on any atom is 1.00 e. The van der Waals surface area contributed by atoms with Gasteiger partial charge < -0.3 is 9.45 Å². The summed E-state index contributed by atoms with van der Waals surface area (Å²) < 4.78 is 31.5. The summed E-state index contributed by atoms with van der Waals surface area (Å²) in [6.45, 7) is 2.15. The molecule has 1 amide bonds. The van der Waals surface area contributed by atoms with E-state index in [2.05, 4.69) is 6.92 Å². The number of carbonyl (C=O) groups excluding carboxylic acids is 1. The molecule has 5 nitrogen and oxygen atoms in total. The van der Waals surface area contributed by atoms with Crippen LogP contribution in [-0.4, -0.2) is 43.1 Å². The second-order valence-electron chi connectivity index (χ2n) is 5.69. The molecule has 0 N–H and O–H groups in total. The minimum Gasteiger partial charge on any atom is -0.748 e. The quantitative estimate of drug-likeness (QED) is 0.199. The van der Waals surface area contributed by atoms with Gasteiger partial charge in [0.25, 0.3) is 0 Å². The first-order valence-corrected chi connectivity index (χ1v) is 9.79. The second kappa shape index (κ2) is 16.2. The zero-order valence-electron chi connectivity index (χ0n) is 14.9. The van der Waals surface area contributed by atoms with Gasteiger partial charge in [-0.25, -0.2) is 8.42 Å². The number of hydrogen-bond donors (Lipinski definition) is 0. The van der Waals surface area contributed by atoms with Crippen molar-refractivity contribution in [2.24, 2.45) is 0 Å². The van der Waals surface area contributed by atoms with Crippen molar-refractivity contribution in [2.45, 2.75) is 64.7 Å². The van der Waals surface area contributed by atoms with E-state index in [0.29, 0.717) is 0 Å². The summed E-state index contributed by atoms with van der Waals surface area (Å²) in [5.41, 5.74) is 0. The normalized spacial score (nSPS) is 11.4. The smallest absolute Gasteiger partial charge is 0.748 e. The average Bonchev–Trinajstić information content (AvgIpc) is 2.45. The van der Waals surface area contributed by atoms with Crippen LogP contribution in [0.15, 0.2) is 12.2 Å². The van der Waals surface area contributed by atoms with Crippen LogP contribution in [0.2, 0.25) is 0 Å². The van der Waals surface area contributed by atoms with E-state index in [1.165, 1.54) is 63.0 Å². The standard InChI is InChI=1S/C16H31NO4S.K/c1-3-4-5-6-7-8-9-10-11-12-13-16(18)17(2)14-15-22(19,20)21;/h12-13H,3-11,14-15H2,1-2H3,(H,19,20,21);/q;+1/p-1/b13-12+;. The Kier molecular flexibility index (Phi) is 18.3. The molecule has 0 aliphatic carbocycles. The molecule has 0 aromatic carbocycles. The van der Waals surface area contributed by atoms with Crippen molar-refractivity contribution in [1.29, 1.82) is 0 Å². The van der Waals surface area contributed by atoms with Gasteiger partial charge in [-0.05, 0) is 18.9 Å². The Morgan fingerprint density at radius 1 is 1.04 bits per heavy atom. The van der Waals surface area contributed by atoms with Crippen molar-refractivity contribution in [3.05, 3.63) is 12.2 Å². The second-order valence-corrected chi connectivity index (χ2v) is 7.21. The van der Waals surface area contributed by atoms with Crippen LogP contribution in [0.4, 0.5) is 0 Å². The minimum absolute atomic E-state index is 0. The third kappa shape index (κ3) is 18.9. The molecule has 0 atom stereocenters. The molecule has 0 spiro atoms. The third-order valence-electron chi connectivity index (χ3n) is 3.54. The van der Waals surface area contributed by atoms with Crippen LogP contribution in [0, 0.1) is 0 Å². The number of hydrogen-bond acceptors (Lipinski definition) is 4. The predicted octanol–water partition coefficient (Wildman–Crippen LogP) is 0.0810. The molecule has 0 aliphatic rings. The molecule has 0 saturated heterocycles. The van der Waals surface area contributed by atoms with Gasteiger partial charge in [0.2, 0.25) is 5.91 Å². The zero-order valence-corrected chi connectivity index (χ0v) is 18.9. The van der Waals surface area contributed by atoms with Gasteiger partial charge in [-0.3, -0.25) is 4.79 Å². The van der Waals surface area contributed by atoms with Gasteiger partial charge in [0, 0.05) is 13.6 Å². The Morgan fingerprint density at radius 3 is 2.09 bits per heavy atom. The molecule has 0 unspecified atom stereocenters. The number of rotatable bonds is 13. The first-order valence-electron chi connectivity index (χ1n) is 8.22. The van der Waals surface area contributed by atoms with Gasteiger partial charge in [-0.1, -0.05) is 57.9 Å². The molecule has 0 saturated carbocycles. The summed E-state index contributed by atoms with van der Waals surface area (Å²) in [7, 11) is -2.77. The fraction of sp³-hybridized carbons (Fsp3) is 0.812. The van der Waals surface area contributed by atoms with Gasteiger partial charge in [0.15, 0.2) is 0 Å². The summed E-state index contributed by atoms with van der Waals surface area (Å²) in [6.07, 6.45) is 14.1. The Hall–Kier alpha value is 0.756. The van der Waals surface area contributed by atoms with E-state index >= 15 is 0 Å². The van der Waals surface area contributed by atoms with Crippen LogP contribution in [0.1, 0.15) is 64.7 Å². The molecule has 0 aliphatic heterocycles. The van der Waals surface area contributed by atoms with Crippen LogP contribution in [0.3, 0.4) is 0 Å². The summed E-state index contributed by atoms with van der Waals surface area (Å²) in [5.74, 6) is -0.801. The van der Waals surface area contributed by atoms with Crippen LogP contribution < -0.4 is 51.4 Å². The fourth-order valence-corrected chi connectivity index (χ4v) is 2.56. The Balaban J connectivity index is 0. The molecule has 23 heavy (non-hydrogen) atoms. The number of carbonyl (C=O) groups is 1. The summed E-state index contributed by atoms with van der Waals surface area (Å²) in [4.78, 5) is 12.9. The van der Waals surface area contributed by atoms with Gasteiger partial charge >= 0.3 is 51.4 Å². The van der Waals surface area contributed by atoms with Gasteiger partial charge in [0.05, 0.1) is 15.9 Å². The predicted molar refractivity (Wildman–Crippen MR) is 88.6 cm³/mol. The van der Waals surface area contributed by atoms with Crippen molar-refractivity contribution >= 4 is 16.0 Å². The Bertz CT molecular complexity index is 424. The van der Waals surface area contributed by atoms with Gasteiger partial charge in [-0.15, -0.1) is 0 Å². The summed E-state index contributed by atoms with van der Waals surface area (Å²) >= 11 is 0. The van der Waals surface area contributed by atoms with Crippen molar-refractivity contribution in [3.8, 4) is 0 Å². The monoisotopic (exact) mass is 371 g/mol. The van der Waals surface area contributed by atoms with E-state index in [9.17, 15) is 17.8 Å². The number of amides is 1. The first kappa shape index (κ1) is 26.0. The molecule has 0 fully saturated rings. The number of nitrogens with zero attached hydrogens (tertiary/aromatic N) is 1. The minimum atomic E-state index is -4.26. The van der Waals surface area contributed by atoms with Crippen molar-refractivity contribution in [2.75, 3.05) is 19.3 Å². The van der Waals surface area contributed by atoms with Crippen LogP contribution in [0.5, 0.6) is 0 Å². The number of unbranched alkanes of at least 4 members (excludes halogenated alkanes) is 8. The summed E-state index contributed by atoms with van der Waals surface area (Å²) in [5, 5.41) is 0. The first-order chi connectivity index (χ1) is 10.4. The van der Waals surface area contributed by atoms with E-state index in [-0.39, 0.29) is 63.8 Å². The average molecular weight is 372 g/mol. The van der Waals surface area contributed by atoms with E-state index in [1.54, 1.807) is 0 Å². The Morgan fingerprint density at radius 2 is 1.57 bits per heavy atom. The molecule has 0 aromatic heterocycles. The fourth-order valence-electron chi connectivity index (χ4n) is 2.07. The van der Waals surface area contributed by atoms with Crippen LogP contribution in [0.25, 0.3) is 0 Å². The molecular weight excluding hydrogens is 341 g/mol. The largest absolute Gasteiger partial charge is 1.00 e. The SMILES string of the molecule is CCCCCCCCCC/C=C/C(=O)N(C)CCS(=O)(=O)[O-].[K+]. The molecule has 0 heterocycles. The van der Waals surface area contributed by atoms with Gasteiger partial charge in [-0.2, -0.15) is 0 Å². The molecule has 0 bridgehead atoms. The molecule has 130 valence electrons. The van der Waals surface area contributed by atoms with E-state index in [4.69, 9.17) is 0 Å². The molecule has 0 rings (SSSR count). The van der Waals surface area contributed by atoms with Crippen LogP contribution >= 0.6 is 0 Å². The molecule has 0 radical (unpaired) electrons. The van der Waals surface area contributed by atoms with Crippen molar-refractivity contribution in [1.82, 2.24) is 4.90 Å². The maximum absolute atomic E-state index is 11.6. The number of likely N-dealkylation sites (N-methyl/N-ethyl adjacent to an activating group) is 1. The van der Waals surface area contributed by atoms with Crippen molar-refractivity contribution in [3.63, 3.8) is 0 Å². The maximum atomic E-state index is 11.6.